The largest absolute Gasteiger partial charge is 0.322 e. The molecule has 0 radical (unpaired) electrons. The molecule has 0 aliphatic rings. The van der Waals surface area contributed by atoms with Crippen molar-refractivity contribution in [1.29, 1.82) is 5.26 Å². The first kappa shape index (κ1) is 15.9. The first-order chi connectivity index (χ1) is 13.7. The molecule has 2 N–H and O–H groups in total. The lowest BCUT2D eigenvalue weighted by Gasteiger charge is -1.98. The molecule has 0 aliphatic heterocycles. The molecule has 11 nitrogen and oxygen atoms in total. The van der Waals surface area contributed by atoms with Crippen molar-refractivity contribution in [1.82, 2.24) is 39.6 Å². The fourth-order valence-corrected chi connectivity index (χ4v) is 2.96. The molecule has 0 aliphatic carbocycles. The average Bonchev–Trinajstić information content (AvgIpc) is 3.44. The molecule has 0 spiro atoms. The van der Waals surface area contributed by atoms with E-state index < -0.39 is 0 Å². The number of rotatable bonds is 3. The van der Waals surface area contributed by atoms with Gasteiger partial charge in [-0.2, -0.15) is 29.8 Å². The van der Waals surface area contributed by atoms with Gasteiger partial charge >= 0.3 is 0 Å². The van der Waals surface area contributed by atoms with Crippen molar-refractivity contribution in [3.63, 3.8) is 0 Å². The molecule has 0 atom stereocenters. The fraction of sp³-hybridized carbons (Fsp3) is 0.118. The van der Waals surface area contributed by atoms with Gasteiger partial charge in [0.25, 0.3) is 0 Å². The standard InChI is InChI=1S/C17H13N11/c1-9-14(16-25-22-10(2)27(16)26-9)23-24-15-11(7-18)8-19-28(15)17-20-12-5-3-4-6-13(12)21-17/h3-6,8,25H,1-2H3,(H,20,21)/b24-23+. The highest BCUT2D eigenvalue weighted by molar-refractivity contribution is 5.76. The van der Waals surface area contributed by atoms with Gasteiger partial charge in [0.1, 0.15) is 17.5 Å². The molecule has 0 amide bonds. The van der Waals surface area contributed by atoms with E-state index in [4.69, 9.17) is 0 Å². The molecule has 0 bridgehead atoms. The lowest BCUT2D eigenvalue weighted by molar-refractivity contribution is 0.822. The van der Waals surface area contributed by atoms with Crippen LogP contribution in [0.2, 0.25) is 0 Å². The number of benzene rings is 1. The van der Waals surface area contributed by atoms with E-state index in [1.54, 1.807) is 4.52 Å². The molecule has 5 rings (SSSR count). The molecule has 5 aromatic rings. The Morgan fingerprint density at radius 1 is 1.18 bits per heavy atom. The van der Waals surface area contributed by atoms with Crippen LogP contribution in [0.25, 0.3) is 22.6 Å². The Bertz CT molecular complexity index is 1370. The van der Waals surface area contributed by atoms with E-state index in [1.807, 2.05) is 38.1 Å². The molecule has 0 saturated heterocycles. The van der Waals surface area contributed by atoms with Gasteiger partial charge in [0, 0.05) is 0 Å². The molecule has 4 heterocycles. The predicted octanol–water partition coefficient (Wildman–Crippen LogP) is 3.02. The van der Waals surface area contributed by atoms with Crippen LogP contribution in [0.4, 0.5) is 11.5 Å². The Hall–Kier alpha value is -4.33. The van der Waals surface area contributed by atoms with Crippen LogP contribution in [0.1, 0.15) is 17.1 Å². The number of hydrogen-bond donors (Lipinski definition) is 2. The summed E-state index contributed by atoms with van der Waals surface area (Å²) in [7, 11) is 0. The minimum Gasteiger partial charge on any atom is -0.322 e. The van der Waals surface area contributed by atoms with Crippen LogP contribution in [-0.4, -0.2) is 39.6 Å². The molecular weight excluding hydrogens is 358 g/mol. The van der Waals surface area contributed by atoms with Crippen LogP contribution >= 0.6 is 0 Å². The summed E-state index contributed by atoms with van der Waals surface area (Å²) >= 11 is 0. The van der Waals surface area contributed by atoms with Crippen molar-refractivity contribution in [2.45, 2.75) is 13.8 Å². The summed E-state index contributed by atoms with van der Waals surface area (Å²) in [6, 6.07) is 9.70. The Morgan fingerprint density at radius 3 is 2.86 bits per heavy atom. The molecule has 1 aromatic carbocycles. The van der Waals surface area contributed by atoms with Gasteiger partial charge in [0.15, 0.2) is 17.2 Å². The average molecular weight is 371 g/mol. The first-order valence-electron chi connectivity index (χ1n) is 8.41. The monoisotopic (exact) mass is 371 g/mol. The Kier molecular flexibility index (Phi) is 3.32. The molecule has 136 valence electrons. The summed E-state index contributed by atoms with van der Waals surface area (Å²) in [5, 5.41) is 33.7. The number of hydrogen-bond acceptors (Lipinski definition) is 7. The Balaban J connectivity index is 1.63. The Labute approximate surface area is 157 Å². The number of aryl methyl sites for hydroxylation is 2. The van der Waals surface area contributed by atoms with E-state index in [-0.39, 0.29) is 11.4 Å². The number of azo groups is 1. The maximum atomic E-state index is 9.44. The van der Waals surface area contributed by atoms with Crippen molar-refractivity contribution in [3.8, 4) is 12.0 Å². The number of H-pyrrole nitrogens is 2. The smallest absolute Gasteiger partial charge is 0.231 e. The molecule has 0 unspecified atom stereocenters. The van der Waals surface area contributed by atoms with Gasteiger partial charge in [-0.3, -0.25) is 5.10 Å². The van der Waals surface area contributed by atoms with E-state index in [2.05, 4.69) is 46.7 Å². The van der Waals surface area contributed by atoms with E-state index in [0.29, 0.717) is 28.8 Å². The summed E-state index contributed by atoms with van der Waals surface area (Å²) in [6.45, 7) is 3.66. The SMILES string of the molecule is Cc1nn2c(C)n[nH]c2c1/N=N/c1c(C#N)cnn1-c1nc2ccccc2[nH]1. The van der Waals surface area contributed by atoms with Crippen LogP contribution in [0.15, 0.2) is 40.7 Å². The fourth-order valence-electron chi connectivity index (χ4n) is 2.96. The number of nitriles is 1. The second kappa shape index (κ2) is 5.85. The quantitative estimate of drug-likeness (QED) is 0.469. The lowest BCUT2D eigenvalue weighted by atomic mass is 10.3. The lowest BCUT2D eigenvalue weighted by Crippen LogP contribution is -1.97. The molecule has 11 heteroatoms. The zero-order valence-electron chi connectivity index (χ0n) is 14.9. The van der Waals surface area contributed by atoms with E-state index >= 15 is 0 Å². The summed E-state index contributed by atoms with van der Waals surface area (Å²) in [4.78, 5) is 7.68. The van der Waals surface area contributed by atoms with Crippen molar-refractivity contribution >= 4 is 28.2 Å². The third-order valence-electron chi connectivity index (χ3n) is 4.35. The number of para-hydroxylation sites is 2. The van der Waals surface area contributed by atoms with Crippen LogP contribution in [0.5, 0.6) is 0 Å². The molecular formula is C17H13N11. The minimum absolute atomic E-state index is 0.275. The van der Waals surface area contributed by atoms with Crippen LogP contribution in [0.3, 0.4) is 0 Å². The third-order valence-corrected chi connectivity index (χ3v) is 4.35. The van der Waals surface area contributed by atoms with E-state index in [1.165, 1.54) is 10.9 Å². The van der Waals surface area contributed by atoms with Gasteiger partial charge in [-0.05, 0) is 26.0 Å². The zero-order valence-corrected chi connectivity index (χ0v) is 14.9. The number of aromatic nitrogens is 8. The number of imidazole rings is 1. The van der Waals surface area contributed by atoms with Gasteiger partial charge in [-0.15, -0.1) is 10.2 Å². The van der Waals surface area contributed by atoms with Crippen molar-refractivity contribution in [2.75, 3.05) is 0 Å². The Morgan fingerprint density at radius 2 is 2.04 bits per heavy atom. The zero-order chi connectivity index (χ0) is 19.3. The van der Waals surface area contributed by atoms with Gasteiger partial charge in [0.05, 0.1) is 22.9 Å². The van der Waals surface area contributed by atoms with Gasteiger partial charge in [-0.1, -0.05) is 12.1 Å². The molecule has 0 saturated carbocycles. The summed E-state index contributed by atoms with van der Waals surface area (Å²) < 4.78 is 3.11. The maximum absolute atomic E-state index is 9.44. The summed E-state index contributed by atoms with van der Waals surface area (Å²) in [5.74, 6) is 1.44. The third kappa shape index (κ3) is 2.28. The second-order valence-electron chi connectivity index (χ2n) is 6.15. The van der Waals surface area contributed by atoms with E-state index in [0.717, 1.165) is 11.0 Å². The van der Waals surface area contributed by atoms with Gasteiger partial charge in [0.2, 0.25) is 5.95 Å². The number of nitrogens with one attached hydrogen (secondary N) is 2. The van der Waals surface area contributed by atoms with Gasteiger partial charge < -0.3 is 4.98 Å². The maximum Gasteiger partial charge on any atom is 0.231 e. The van der Waals surface area contributed by atoms with Crippen LogP contribution < -0.4 is 0 Å². The highest BCUT2D eigenvalue weighted by Crippen LogP contribution is 2.28. The number of fused-ring (bicyclic) bond motifs is 2. The molecule has 0 fully saturated rings. The summed E-state index contributed by atoms with van der Waals surface area (Å²) in [6.07, 6.45) is 1.43. The predicted molar refractivity (Wildman–Crippen MR) is 98.9 cm³/mol. The van der Waals surface area contributed by atoms with Crippen molar-refractivity contribution < 1.29 is 0 Å². The second-order valence-corrected chi connectivity index (χ2v) is 6.15. The van der Waals surface area contributed by atoms with Crippen molar-refractivity contribution in [3.05, 3.63) is 47.5 Å². The van der Waals surface area contributed by atoms with Crippen LogP contribution in [-0.2, 0) is 0 Å². The highest BCUT2D eigenvalue weighted by Gasteiger charge is 2.17. The van der Waals surface area contributed by atoms with Gasteiger partial charge in [-0.25, -0.2) is 4.98 Å². The van der Waals surface area contributed by atoms with Crippen molar-refractivity contribution in [2.24, 2.45) is 10.2 Å². The highest BCUT2D eigenvalue weighted by atomic mass is 15.4. The van der Waals surface area contributed by atoms with E-state index in [9.17, 15) is 5.26 Å². The topological polar surface area (TPSA) is 141 Å². The summed E-state index contributed by atoms with van der Waals surface area (Å²) in [5.41, 5.74) is 3.79. The number of aromatic amines is 2. The normalized spacial score (nSPS) is 11.8. The first-order valence-corrected chi connectivity index (χ1v) is 8.41. The minimum atomic E-state index is 0.275. The molecule has 4 aromatic heterocycles. The van der Waals surface area contributed by atoms with Crippen LogP contribution in [0, 0.1) is 25.2 Å². The number of nitrogens with zero attached hydrogens (tertiary/aromatic N) is 9. The molecule has 28 heavy (non-hydrogen) atoms.